The van der Waals surface area contributed by atoms with Gasteiger partial charge in [0.05, 0.1) is 16.5 Å². The van der Waals surface area contributed by atoms with E-state index < -0.39 is 16.7 Å². The van der Waals surface area contributed by atoms with E-state index in [-0.39, 0.29) is 29.7 Å². The molecule has 0 aromatic heterocycles. The molecule has 0 aliphatic heterocycles. The number of carboxylic acid groups (broad SMARTS) is 1. The van der Waals surface area contributed by atoms with Crippen molar-refractivity contribution in [3.8, 4) is 0 Å². The molecule has 6 nitrogen and oxygen atoms in total. The molecule has 0 N–H and O–H groups in total. The fourth-order valence-electron chi connectivity index (χ4n) is 2.29. The summed E-state index contributed by atoms with van der Waals surface area (Å²) in [6.07, 6.45) is -0.0760. The number of hydrogen-bond acceptors (Lipinski definition) is 6. The molecule has 0 saturated heterocycles. The summed E-state index contributed by atoms with van der Waals surface area (Å²) in [5.74, 6) is -1.79. The molecule has 0 saturated carbocycles. The lowest BCUT2D eigenvalue weighted by Gasteiger charge is -2.10. The number of rotatable bonds is 7. The van der Waals surface area contributed by atoms with Gasteiger partial charge in [-0.15, -0.1) is 0 Å². The summed E-state index contributed by atoms with van der Waals surface area (Å²) in [5, 5.41) is 22.0. The third kappa shape index (κ3) is 4.08. The predicted molar refractivity (Wildman–Crippen MR) is 89.1 cm³/mol. The summed E-state index contributed by atoms with van der Waals surface area (Å²) in [5.41, 5.74) is 0.161. The van der Waals surface area contributed by atoms with Crippen LogP contribution in [0.25, 0.3) is 0 Å². The van der Waals surface area contributed by atoms with Gasteiger partial charge in [-0.3, -0.25) is 14.9 Å². The van der Waals surface area contributed by atoms with Crippen molar-refractivity contribution in [1.82, 2.24) is 0 Å². The monoisotopic (exact) mass is 342 g/mol. The van der Waals surface area contributed by atoms with Gasteiger partial charge in [-0.25, -0.2) is 0 Å². The molecule has 0 aliphatic carbocycles. The number of Topliss-reactive ketones (excluding diaryl/α,β-unsaturated/α-hetero) is 1. The quantitative estimate of drug-likeness (QED) is 0.331. The second-order valence-corrected chi connectivity index (χ2v) is 5.61. The van der Waals surface area contributed by atoms with E-state index in [9.17, 15) is 24.8 Å². The first-order valence-electron chi connectivity index (χ1n) is 6.97. The Morgan fingerprint density at radius 2 is 1.58 bits per heavy atom. The molecule has 0 spiro atoms. The van der Waals surface area contributed by atoms with E-state index in [4.69, 9.17) is 12.2 Å². The van der Waals surface area contributed by atoms with Gasteiger partial charge < -0.3 is 9.90 Å². The molecule has 24 heavy (non-hydrogen) atoms. The zero-order valence-corrected chi connectivity index (χ0v) is 13.2. The zero-order valence-electron chi connectivity index (χ0n) is 12.4. The number of ketones is 1. The van der Waals surface area contributed by atoms with Crippen molar-refractivity contribution >= 4 is 34.5 Å². The van der Waals surface area contributed by atoms with Crippen LogP contribution >= 0.6 is 12.2 Å². The molecule has 0 unspecified atom stereocenters. The lowest BCUT2D eigenvalue weighted by molar-refractivity contribution is -0.385. The van der Waals surface area contributed by atoms with Gasteiger partial charge in [0, 0.05) is 29.3 Å². The molecule has 2 rings (SSSR count). The molecule has 0 aliphatic rings. The molecular formula is C17H12NO5S-. The fourth-order valence-corrected chi connectivity index (χ4v) is 2.58. The minimum absolute atomic E-state index is 0.0120. The second-order valence-electron chi connectivity index (χ2n) is 5.03. The number of thiocarbonyl (C=S) groups is 1. The Morgan fingerprint density at radius 1 is 1.00 bits per heavy atom. The van der Waals surface area contributed by atoms with Crippen molar-refractivity contribution in [2.75, 3.05) is 0 Å². The summed E-state index contributed by atoms with van der Waals surface area (Å²) < 4.78 is 0. The number of para-hydroxylation sites is 1. The Bertz CT molecular complexity index is 831. The van der Waals surface area contributed by atoms with Crippen LogP contribution in [0.1, 0.15) is 32.7 Å². The van der Waals surface area contributed by atoms with Crippen LogP contribution in [-0.4, -0.2) is 21.5 Å². The van der Waals surface area contributed by atoms with Crippen LogP contribution in [-0.2, 0) is 6.42 Å². The van der Waals surface area contributed by atoms with E-state index in [0.717, 1.165) is 0 Å². The lowest BCUT2D eigenvalue weighted by Crippen LogP contribution is -2.24. The van der Waals surface area contributed by atoms with E-state index in [0.29, 0.717) is 10.4 Å². The van der Waals surface area contributed by atoms with Crippen molar-refractivity contribution < 1.29 is 19.6 Å². The topological polar surface area (TPSA) is 100 Å². The average molecular weight is 342 g/mol. The first kappa shape index (κ1) is 17.4. The Kier molecular flexibility index (Phi) is 5.49. The lowest BCUT2D eigenvalue weighted by atomic mass is 9.98. The maximum atomic E-state index is 12.3. The van der Waals surface area contributed by atoms with Gasteiger partial charge in [-0.1, -0.05) is 48.6 Å². The highest BCUT2D eigenvalue weighted by molar-refractivity contribution is 7.80. The first-order chi connectivity index (χ1) is 11.4. The van der Waals surface area contributed by atoms with Gasteiger partial charge in [-0.2, -0.15) is 0 Å². The smallest absolute Gasteiger partial charge is 0.280 e. The van der Waals surface area contributed by atoms with Gasteiger partial charge in [-0.05, 0) is 11.6 Å². The van der Waals surface area contributed by atoms with Crippen LogP contribution in [0.4, 0.5) is 5.69 Å². The summed E-state index contributed by atoms with van der Waals surface area (Å²) in [6.45, 7) is 0. The number of carbonyl (C=O) groups is 2. The van der Waals surface area contributed by atoms with Gasteiger partial charge in [0.25, 0.3) is 5.69 Å². The third-order valence-corrected chi connectivity index (χ3v) is 3.67. The minimum Gasteiger partial charge on any atom is -0.545 e. The van der Waals surface area contributed by atoms with Crippen LogP contribution in [0.15, 0.2) is 48.5 Å². The van der Waals surface area contributed by atoms with Gasteiger partial charge >= 0.3 is 0 Å². The molecule has 0 heterocycles. The van der Waals surface area contributed by atoms with Crippen LogP contribution in [0.5, 0.6) is 0 Å². The fraction of sp³-hybridized carbons (Fsp3) is 0.118. The molecule has 0 radical (unpaired) electrons. The standard InChI is InChI=1S/C17H13NO5S/c19-16(14-7-3-4-8-15(14)18(22)23)10-12(24)9-11-5-1-2-6-13(11)17(20)21/h1-8H,9-10H2,(H,20,21)/p-1. The molecule has 0 bridgehead atoms. The highest BCUT2D eigenvalue weighted by atomic mass is 32.1. The Labute approximate surface area is 142 Å². The highest BCUT2D eigenvalue weighted by Gasteiger charge is 2.20. The number of hydrogen-bond donors (Lipinski definition) is 0. The normalized spacial score (nSPS) is 10.2. The minimum atomic E-state index is -1.32. The number of benzene rings is 2. The van der Waals surface area contributed by atoms with E-state index in [2.05, 4.69) is 0 Å². The molecule has 7 heteroatoms. The molecule has 0 fully saturated rings. The molecule has 0 amide bonds. The Balaban J connectivity index is 2.15. The van der Waals surface area contributed by atoms with Crippen LogP contribution in [0.3, 0.4) is 0 Å². The summed E-state index contributed by atoms with van der Waals surface area (Å²) in [4.78, 5) is 34.0. The number of carbonyl (C=O) groups excluding carboxylic acids is 2. The van der Waals surface area contributed by atoms with Crippen molar-refractivity contribution in [2.45, 2.75) is 12.8 Å². The summed E-state index contributed by atoms with van der Waals surface area (Å²) >= 11 is 5.16. The number of nitro benzene ring substituents is 1. The molecule has 0 atom stereocenters. The molecular weight excluding hydrogens is 330 g/mol. The molecule has 2 aromatic rings. The maximum Gasteiger partial charge on any atom is 0.280 e. The van der Waals surface area contributed by atoms with Crippen LogP contribution < -0.4 is 5.11 Å². The average Bonchev–Trinajstić information content (AvgIpc) is 2.54. The predicted octanol–water partition coefficient (Wildman–Crippen LogP) is 2.14. The largest absolute Gasteiger partial charge is 0.545 e. The Morgan fingerprint density at radius 3 is 2.21 bits per heavy atom. The summed E-state index contributed by atoms with van der Waals surface area (Å²) in [6, 6.07) is 11.9. The van der Waals surface area contributed by atoms with Crippen LogP contribution in [0, 0.1) is 10.1 Å². The molecule has 2 aromatic carbocycles. The Hall–Kier alpha value is -2.93. The SMILES string of the molecule is O=C([O-])c1ccccc1CC(=S)CC(=O)c1ccccc1[N+](=O)[O-]. The van der Waals surface area contributed by atoms with Crippen molar-refractivity contribution in [1.29, 1.82) is 0 Å². The number of carboxylic acids is 1. The second kappa shape index (κ2) is 7.56. The van der Waals surface area contributed by atoms with Crippen molar-refractivity contribution in [3.05, 3.63) is 75.3 Å². The highest BCUT2D eigenvalue weighted by Crippen LogP contribution is 2.20. The van der Waals surface area contributed by atoms with Crippen LogP contribution in [0.2, 0.25) is 0 Å². The maximum absolute atomic E-state index is 12.3. The van der Waals surface area contributed by atoms with Crippen molar-refractivity contribution in [2.24, 2.45) is 0 Å². The number of nitrogens with zero attached hydrogens (tertiary/aromatic N) is 1. The van der Waals surface area contributed by atoms with E-state index in [1.165, 1.54) is 30.3 Å². The van der Waals surface area contributed by atoms with E-state index in [1.54, 1.807) is 18.2 Å². The number of nitro groups is 1. The van der Waals surface area contributed by atoms with E-state index >= 15 is 0 Å². The van der Waals surface area contributed by atoms with Gasteiger partial charge in [0.2, 0.25) is 0 Å². The van der Waals surface area contributed by atoms with Gasteiger partial charge in [0.15, 0.2) is 5.78 Å². The summed E-state index contributed by atoms with van der Waals surface area (Å²) in [7, 11) is 0. The third-order valence-electron chi connectivity index (χ3n) is 3.38. The first-order valence-corrected chi connectivity index (χ1v) is 7.38. The zero-order chi connectivity index (χ0) is 17.7. The van der Waals surface area contributed by atoms with Crippen molar-refractivity contribution in [3.63, 3.8) is 0 Å². The van der Waals surface area contributed by atoms with E-state index in [1.807, 2.05) is 0 Å². The molecule has 122 valence electrons. The van der Waals surface area contributed by atoms with Gasteiger partial charge in [0.1, 0.15) is 0 Å². The number of aromatic carboxylic acids is 1.